The van der Waals surface area contributed by atoms with Crippen molar-refractivity contribution in [2.45, 2.75) is 23.1 Å². The highest BCUT2D eigenvalue weighted by Gasteiger charge is 2.29. The molecule has 1 aromatic rings. The lowest BCUT2D eigenvalue weighted by Gasteiger charge is -2.28. The lowest BCUT2D eigenvalue weighted by atomic mass is 10.2. The van der Waals surface area contributed by atoms with Crippen LogP contribution in [-0.2, 0) is 10.0 Å². The van der Waals surface area contributed by atoms with Gasteiger partial charge in [0.05, 0.1) is 4.90 Å². The van der Waals surface area contributed by atoms with Gasteiger partial charge in [0.2, 0.25) is 10.0 Å². The molecule has 1 aromatic carbocycles. The van der Waals surface area contributed by atoms with Crippen molar-refractivity contribution in [3.05, 3.63) is 28.7 Å². The van der Waals surface area contributed by atoms with Crippen LogP contribution >= 0.6 is 27.5 Å². The number of sulfonamides is 1. The Labute approximate surface area is 115 Å². The summed E-state index contributed by atoms with van der Waals surface area (Å²) in [6, 6.07) is 6.68. The minimum atomic E-state index is -3.38. The van der Waals surface area contributed by atoms with Gasteiger partial charge in [0.1, 0.15) is 0 Å². The van der Waals surface area contributed by atoms with E-state index >= 15 is 0 Å². The number of hydrogen-bond acceptors (Lipinski definition) is 2. The van der Waals surface area contributed by atoms with E-state index in [4.69, 9.17) is 11.6 Å². The molecule has 3 nitrogen and oxygen atoms in total. The topological polar surface area (TPSA) is 37.4 Å². The zero-order valence-corrected chi connectivity index (χ0v) is 12.3. The van der Waals surface area contributed by atoms with Gasteiger partial charge in [0.15, 0.2) is 0 Å². The molecule has 0 saturated carbocycles. The van der Waals surface area contributed by atoms with Gasteiger partial charge in [-0.15, -0.1) is 11.6 Å². The van der Waals surface area contributed by atoms with Crippen molar-refractivity contribution in [3.8, 4) is 0 Å². The highest BCUT2D eigenvalue weighted by atomic mass is 79.9. The fourth-order valence-corrected chi connectivity index (χ4v) is 4.06. The van der Waals surface area contributed by atoms with Crippen LogP contribution in [0.4, 0.5) is 0 Å². The monoisotopic (exact) mass is 337 g/mol. The summed E-state index contributed by atoms with van der Waals surface area (Å²) in [5.41, 5.74) is 0. The third kappa shape index (κ3) is 3.02. The molecule has 0 N–H and O–H groups in total. The molecule has 0 aromatic heterocycles. The predicted octanol–water partition coefficient (Wildman–Crippen LogP) is 2.84. The summed E-state index contributed by atoms with van der Waals surface area (Å²) in [6.45, 7) is 0.960. The molecule has 0 amide bonds. The van der Waals surface area contributed by atoms with Crippen molar-refractivity contribution in [1.82, 2.24) is 4.31 Å². The SMILES string of the molecule is O=S(=O)(c1ccc(Br)cc1)N1CCCC(Cl)C1. The first kappa shape index (κ1) is 13.3. The molecular weight excluding hydrogens is 326 g/mol. The highest BCUT2D eigenvalue weighted by Crippen LogP contribution is 2.23. The summed E-state index contributed by atoms with van der Waals surface area (Å²) in [4.78, 5) is 0.325. The quantitative estimate of drug-likeness (QED) is 0.778. The largest absolute Gasteiger partial charge is 0.243 e. The molecule has 6 heteroatoms. The average Bonchev–Trinajstić information content (AvgIpc) is 2.29. The summed E-state index contributed by atoms with van der Waals surface area (Å²) in [7, 11) is -3.38. The van der Waals surface area contributed by atoms with Crippen LogP contribution in [0.3, 0.4) is 0 Å². The standard InChI is InChI=1S/C11H13BrClNO2S/c12-9-3-5-11(6-4-9)17(15,16)14-7-1-2-10(13)8-14/h3-6,10H,1-2,7-8H2. The van der Waals surface area contributed by atoms with E-state index in [2.05, 4.69) is 15.9 Å². The van der Waals surface area contributed by atoms with Gasteiger partial charge in [-0.1, -0.05) is 15.9 Å². The Hall–Kier alpha value is -0.100. The number of halogens is 2. The van der Waals surface area contributed by atoms with Crippen molar-refractivity contribution in [3.63, 3.8) is 0 Å². The summed E-state index contributed by atoms with van der Waals surface area (Å²) in [5.74, 6) is 0. The van der Waals surface area contributed by atoms with Gasteiger partial charge in [-0.3, -0.25) is 0 Å². The Balaban J connectivity index is 2.26. The maximum absolute atomic E-state index is 12.3. The maximum atomic E-state index is 12.3. The molecule has 1 atom stereocenters. The van der Waals surface area contributed by atoms with Crippen LogP contribution in [0.25, 0.3) is 0 Å². The van der Waals surface area contributed by atoms with Gasteiger partial charge in [-0.05, 0) is 37.1 Å². The minimum absolute atomic E-state index is 0.0750. The van der Waals surface area contributed by atoms with Crippen LogP contribution in [0.5, 0.6) is 0 Å². The van der Waals surface area contributed by atoms with E-state index < -0.39 is 10.0 Å². The summed E-state index contributed by atoms with van der Waals surface area (Å²) < 4.78 is 26.9. The Morgan fingerprint density at radius 1 is 1.29 bits per heavy atom. The number of alkyl halides is 1. The van der Waals surface area contributed by atoms with E-state index in [1.165, 1.54) is 4.31 Å². The Morgan fingerprint density at radius 2 is 1.94 bits per heavy atom. The van der Waals surface area contributed by atoms with Crippen LogP contribution in [0.1, 0.15) is 12.8 Å². The van der Waals surface area contributed by atoms with Crippen LogP contribution in [0, 0.1) is 0 Å². The average molecular weight is 339 g/mol. The summed E-state index contributed by atoms with van der Waals surface area (Å²) in [5, 5.41) is -0.0750. The zero-order chi connectivity index (χ0) is 12.5. The Bertz CT molecular complexity index is 489. The molecule has 2 rings (SSSR count). The van der Waals surface area contributed by atoms with Gasteiger partial charge < -0.3 is 0 Å². The van der Waals surface area contributed by atoms with E-state index in [0.717, 1.165) is 17.3 Å². The van der Waals surface area contributed by atoms with E-state index in [-0.39, 0.29) is 5.38 Å². The summed E-state index contributed by atoms with van der Waals surface area (Å²) >= 11 is 9.30. The van der Waals surface area contributed by atoms with E-state index in [1.54, 1.807) is 24.3 Å². The lowest BCUT2D eigenvalue weighted by Crippen LogP contribution is -2.40. The van der Waals surface area contributed by atoms with Gasteiger partial charge in [0, 0.05) is 22.9 Å². The van der Waals surface area contributed by atoms with E-state index in [9.17, 15) is 8.42 Å². The Kier molecular flexibility index (Phi) is 4.13. The van der Waals surface area contributed by atoms with Crippen molar-refractivity contribution in [2.24, 2.45) is 0 Å². The lowest BCUT2D eigenvalue weighted by molar-refractivity contribution is 0.350. The van der Waals surface area contributed by atoms with Crippen LogP contribution < -0.4 is 0 Å². The minimum Gasteiger partial charge on any atom is -0.207 e. The molecule has 17 heavy (non-hydrogen) atoms. The van der Waals surface area contributed by atoms with Crippen molar-refractivity contribution in [1.29, 1.82) is 0 Å². The van der Waals surface area contributed by atoms with Crippen LogP contribution in [0.15, 0.2) is 33.6 Å². The molecule has 0 radical (unpaired) electrons. The first-order chi connectivity index (χ1) is 8.00. The molecule has 1 aliphatic heterocycles. The number of hydrogen-bond donors (Lipinski definition) is 0. The normalized spacial score (nSPS) is 22.6. The van der Waals surface area contributed by atoms with Crippen molar-refractivity contribution >= 4 is 37.6 Å². The maximum Gasteiger partial charge on any atom is 0.243 e. The second kappa shape index (κ2) is 5.26. The van der Waals surface area contributed by atoms with Crippen LogP contribution in [0.2, 0.25) is 0 Å². The first-order valence-electron chi connectivity index (χ1n) is 5.40. The third-order valence-corrected chi connectivity index (χ3v) is 5.54. The molecule has 1 saturated heterocycles. The zero-order valence-electron chi connectivity index (χ0n) is 9.14. The molecular formula is C11H13BrClNO2S. The van der Waals surface area contributed by atoms with Crippen LogP contribution in [-0.4, -0.2) is 31.2 Å². The van der Waals surface area contributed by atoms with Gasteiger partial charge in [-0.2, -0.15) is 4.31 Å². The highest BCUT2D eigenvalue weighted by molar-refractivity contribution is 9.10. The third-order valence-electron chi connectivity index (χ3n) is 2.78. The van der Waals surface area contributed by atoms with Crippen molar-refractivity contribution < 1.29 is 8.42 Å². The number of rotatable bonds is 2. The molecule has 94 valence electrons. The molecule has 0 bridgehead atoms. The fourth-order valence-electron chi connectivity index (χ4n) is 1.87. The molecule has 1 aliphatic rings. The number of nitrogens with zero attached hydrogens (tertiary/aromatic N) is 1. The molecule has 0 spiro atoms. The predicted molar refractivity (Wildman–Crippen MR) is 71.8 cm³/mol. The number of piperidine rings is 1. The van der Waals surface area contributed by atoms with E-state index in [1.807, 2.05) is 0 Å². The van der Waals surface area contributed by atoms with Gasteiger partial charge in [0.25, 0.3) is 0 Å². The second-order valence-corrected chi connectivity index (χ2v) is 7.53. The first-order valence-corrected chi connectivity index (χ1v) is 8.07. The summed E-state index contributed by atoms with van der Waals surface area (Å²) in [6.07, 6.45) is 1.71. The molecule has 1 unspecified atom stereocenters. The Morgan fingerprint density at radius 3 is 2.53 bits per heavy atom. The molecule has 1 fully saturated rings. The fraction of sp³-hybridized carbons (Fsp3) is 0.455. The molecule has 0 aliphatic carbocycles. The molecule has 1 heterocycles. The van der Waals surface area contributed by atoms with Crippen molar-refractivity contribution in [2.75, 3.05) is 13.1 Å². The number of benzene rings is 1. The second-order valence-electron chi connectivity index (χ2n) is 4.06. The van der Waals surface area contributed by atoms with E-state index in [0.29, 0.717) is 18.0 Å². The smallest absolute Gasteiger partial charge is 0.207 e. The van der Waals surface area contributed by atoms with Gasteiger partial charge in [-0.25, -0.2) is 8.42 Å². The van der Waals surface area contributed by atoms with Gasteiger partial charge >= 0.3 is 0 Å².